The highest BCUT2D eigenvalue weighted by Gasteiger charge is 2.43. The second-order valence-corrected chi connectivity index (χ2v) is 12.1. The molecule has 0 radical (unpaired) electrons. The monoisotopic (exact) mass is 495 g/mol. The Hall–Kier alpha value is -1.65. The molecule has 10 heteroatoms. The molecule has 0 N–H and O–H groups in total. The minimum Gasteiger partial charge on any atom is -0.324 e. The standard InChI is InChI=1S/C21H22ClN3O3S3/c1-14(2)20-24(10-11-25(20)31(27,28)16-6-4-3-5-7-16)19(26)13-29-21-23-17-12-15(22)8-9-18(17)30-21/h3-9,12,14,20H,10-11,13H2,1-2H3. The molecule has 0 bridgehead atoms. The van der Waals surface area contributed by atoms with Crippen LogP contribution in [-0.2, 0) is 14.8 Å². The van der Waals surface area contributed by atoms with Crippen molar-refractivity contribution < 1.29 is 13.2 Å². The van der Waals surface area contributed by atoms with Gasteiger partial charge in [-0.1, -0.05) is 55.4 Å². The molecule has 1 aliphatic heterocycles. The zero-order valence-corrected chi connectivity index (χ0v) is 20.3. The largest absolute Gasteiger partial charge is 0.324 e. The highest BCUT2D eigenvalue weighted by atomic mass is 35.5. The topological polar surface area (TPSA) is 70.6 Å². The fourth-order valence-electron chi connectivity index (χ4n) is 3.73. The van der Waals surface area contributed by atoms with Crippen molar-refractivity contribution in [2.45, 2.75) is 29.2 Å². The Bertz CT molecular complexity index is 1200. The first-order valence-electron chi connectivity index (χ1n) is 9.82. The Morgan fingerprint density at radius 3 is 2.68 bits per heavy atom. The molecule has 31 heavy (non-hydrogen) atoms. The van der Waals surface area contributed by atoms with E-state index in [-0.39, 0.29) is 29.0 Å². The van der Waals surface area contributed by atoms with Gasteiger partial charge in [0.2, 0.25) is 15.9 Å². The molecule has 1 fully saturated rings. The van der Waals surface area contributed by atoms with Gasteiger partial charge < -0.3 is 4.90 Å². The number of aromatic nitrogens is 1. The van der Waals surface area contributed by atoms with Gasteiger partial charge in [-0.3, -0.25) is 4.79 Å². The van der Waals surface area contributed by atoms with Crippen molar-refractivity contribution in [2.24, 2.45) is 5.92 Å². The molecule has 1 aliphatic rings. The van der Waals surface area contributed by atoms with Crippen molar-refractivity contribution in [1.82, 2.24) is 14.2 Å². The molecule has 3 aromatic rings. The maximum absolute atomic E-state index is 13.2. The van der Waals surface area contributed by atoms with Crippen LogP contribution in [0.1, 0.15) is 13.8 Å². The number of thiazole rings is 1. The Morgan fingerprint density at radius 2 is 1.97 bits per heavy atom. The van der Waals surface area contributed by atoms with Crippen LogP contribution in [0.25, 0.3) is 10.2 Å². The molecular weight excluding hydrogens is 474 g/mol. The van der Waals surface area contributed by atoms with Crippen LogP contribution in [0.4, 0.5) is 0 Å². The second-order valence-electron chi connectivity index (χ2n) is 7.55. The number of rotatable bonds is 6. The quantitative estimate of drug-likeness (QED) is 0.469. The summed E-state index contributed by atoms with van der Waals surface area (Å²) in [5, 5.41) is 0.627. The zero-order chi connectivity index (χ0) is 22.2. The highest BCUT2D eigenvalue weighted by molar-refractivity contribution is 8.01. The predicted molar refractivity (Wildman–Crippen MR) is 126 cm³/mol. The summed E-state index contributed by atoms with van der Waals surface area (Å²) in [6.07, 6.45) is -0.507. The van der Waals surface area contributed by atoms with E-state index < -0.39 is 16.2 Å². The van der Waals surface area contributed by atoms with Gasteiger partial charge in [0.05, 0.1) is 20.9 Å². The molecule has 1 aromatic heterocycles. The van der Waals surface area contributed by atoms with E-state index in [0.717, 1.165) is 14.6 Å². The molecule has 0 saturated carbocycles. The summed E-state index contributed by atoms with van der Waals surface area (Å²) in [5.41, 5.74) is 0.814. The average Bonchev–Trinajstić information content (AvgIpc) is 3.37. The van der Waals surface area contributed by atoms with Gasteiger partial charge in [0.25, 0.3) is 0 Å². The molecular formula is C21H22ClN3O3S3. The molecule has 0 aliphatic carbocycles. The molecule has 1 unspecified atom stereocenters. The van der Waals surface area contributed by atoms with Crippen molar-refractivity contribution >= 4 is 60.8 Å². The Morgan fingerprint density at radius 1 is 1.23 bits per heavy atom. The van der Waals surface area contributed by atoms with Gasteiger partial charge in [-0.25, -0.2) is 13.4 Å². The lowest BCUT2D eigenvalue weighted by atomic mass is 10.1. The third kappa shape index (κ3) is 4.61. The van der Waals surface area contributed by atoms with Crippen LogP contribution in [0.2, 0.25) is 5.02 Å². The lowest BCUT2D eigenvalue weighted by Crippen LogP contribution is -2.48. The minimum atomic E-state index is -3.68. The molecule has 1 atom stereocenters. The van der Waals surface area contributed by atoms with Crippen molar-refractivity contribution in [3.8, 4) is 0 Å². The van der Waals surface area contributed by atoms with E-state index >= 15 is 0 Å². The first kappa shape index (κ1) is 22.5. The number of benzene rings is 2. The van der Waals surface area contributed by atoms with Crippen molar-refractivity contribution in [1.29, 1.82) is 0 Å². The Labute approximate surface area is 195 Å². The Kier molecular flexibility index (Phi) is 6.60. The van der Waals surface area contributed by atoms with E-state index in [1.54, 1.807) is 41.3 Å². The number of fused-ring (bicyclic) bond motifs is 1. The van der Waals surface area contributed by atoms with Crippen LogP contribution in [0, 0.1) is 5.92 Å². The number of sulfonamides is 1. The molecule has 6 nitrogen and oxygen atoms in total. The number of hydrogen-bond donors (Lipinski definition) is 0. The SMILES string of the molecule is CC(C)C1N(C(=O)CSc2nc3cc(Cl)ccc3s2)CCN1S(=O)(=O)c1ccccc1. The molecule has 1 saturated heterocycles. The minimum absolute atomic E-state index is 0.0421. The van der Waals surface area contributed by atoms with Crippen LogP contribution in [0.5, 0.6) is 0 Å². The summed E-state index contributed by atoms with van der Waals surface area (Å²) >= 11 is 8.91. The average molecular weight is 496 g/mol. The van der Waals surface area contributed by atoms with Gasteiger partial charge in [-0.2, -0.15) is 4.31 Å². The Balaban J connectivity index is 1.49. The lowest BCUT2D eigenvalue weighted by Gasteiger charge is -2.32. The summed E-state index contributed by atoms with van der Waals surface area (Å²) < 4.78 is 29.6. The third-order valence-corrected chi connectivity index (χ3v) is 9.37. The van der Waals surface area contributed by atoms with Gasteiger partial charge in [0, 0.05) is 18.1 Å². The molecule has 164 valence electrons. The summed E-state index contributed by atoms with van der Waals surface area (Å²) in [7, 11) is -3.68. The summed E-state index contributed by atoms with van der Waals surface area (Å²) in [6.45, 7) is 4.54. The predicted octanol–water partition coefficient (Wildman–Crippen LogP) is 4.56. The van der Waals surface area contributed by atoms with Gasteiger partial charge >= 0.3 is 0 Å². The van der Waals surface area contributed by atoms with Crippen molar-refractivity contribution in [3.63, 3.8) is 0 Å². The number of thioether (sulfide) groups is 1. The van der Waals surface area contributed by atoms with E-state index in [4.69, 9.17) is 11.6 Å². The van der Waals surface area contributed by atoms with Crippen LogP contribution >= 0.6 is 34.7 Å². The van der Waals surface area contributed by atoms with E-state index in [1.807, 2.05) is 26.0 Å². The molecule has 1 amide bonds. The maximum Gasteiger partial charge on any atom is 0.244 e. The van der Waals surface area contributed by atoms with Crippen molar-refractivity contribution in [2.75, 3.05) is 18.8 Å². The fraction of sp³-hybridized carbons (Fsp3) is 0.333. The maximum atomic E-state index is 13.2. The normalized spacial score (nSPS) is 17.7. The fourth-order valence-corrected chi connectivity index (χ4v) is 7.57. The first-order chi connectivity index (χ1) is 14.8. The highest BCUT2D eigenvalue weighted by Crippen LogP contribution is 2.33. The molecule has 0 spiro atoms. The second kappa shape index (κ2) is 9.07. The zero-order valence-electron chi connectivity index (χ0n) is 17.1. The number of nitrogens with zero attached hydrogens (tertiary/aromatic N) is 3. The van der Waals surface area contributed by atoms with Gasteiger partial charge in [0.15, 0.2) is 4.34 Å². The number of carbonyl (C=O) groups excluding carboxylic acids is 1. The smallest absolute Gasteiger partial charge is 0.244 e. The van der Waals surface area contributed by atoms with Crippen LogP contribution in [0.3, 0.4) is 0 Å². The summed E-state index contributed by atoms with van der Waals surface area (Å²) in [4.78, 5) is 19.5. The van der Waals surface area contributed by atoms with Crippen LogP contribution in [-0.4, -0.2) is 53.5 Å². The number of carbonyl (C=O) groups is 1. The number of hydrogen-bond acceptors (Lipinski definition) is 6. The molecule has 2 aromatic carbocycles. The lowest BCUT2D eigenvalue weighted by molar-refractivity contribution is -0.130. The molecule has 4 rings (SSSR count). The number of amides is 1. The van der Waals surface area contributed by atoms with Crippen LogP contribution in [0.15, 0.2) is 57.8 Å². The van der Waals surface area contributed by atoms with E-state index in [0.29, 0.717) is 11.6 Å². The van der Waals surface area contributed by atoms with Crippen molar-refractivity contribution in [3.05, 3.63) is 53.6 Å². The third-order valence-electron chi connectivity index (χ3n) is 5.09. The summed E-state index contributed by atoms with van der Waals surface area (Å²) in [6, 6.07) is 13.9. The van der Waals surface area contributed by atoms with E-state index in [9.17, 15) is 13.2 Å². The molecule has 2 heterocycles. The number of halogens is 1. The first-order valence-corrected chi connectivity index (χ1v) is 13.4. The van der Waals surface area contributed by atoms with Gasteiger partial charge in [-0.05, 0) is 36.2 Å². The van der Waals surface area contributed by atoms with Crippen LogP contribution < -0.4 is 0 Å². The van der Waals surface area contributed by atoms with E-state index in [1.165, 1.54) is 27.4 Å². The van der Waals surface area contributed by atoms with Gasteiger partial charge in [-0.15, -0.1) is 11.3 Å². The van der Waals surface area contributed by atoms with E-state index in [2.05, 4.69) is 4.98 Å². The van der Waals surface area contributed by atoms with Gasteiger partial charge in [0.1, 0.15) is 6.17 Å². The summed E-state index contributed by atoms with van der Waals surface area (Å²) in [5.74, 6) is 0.0713.